The van der Waals surface area contributed by atoms with Crippen molar-refractivity contribution in [2.75, 3.05) is 49.6 Å². The molecular formula is C29H29ClN8O2. The molecule has 7 rings (SSSR count). The van der Waals surface area contributed by atoms with Crippen molar-refractivity contribution >= 4 is 45.7 Å². The van der Waals surface area contributed by atoms with Crippen LogP contribution < -0.4 is 15.8 Å². The molecule has 0 aliphatic carbocycles. The fourth-order valence-electron chi connectivity index (χ4n) is 5.77. The maximum atomic E-state index is 13.5. The maximum absolute atomic E-state index is 13.5. The Labute approximate surface area is 235 Å². The normalized spacial score (nSPS) is 17.1. The summed E-state index contributed by atoms with van der Waals surface area (Å²) in [4.78, 5) is 32.1. The number of piperidine rings is 1. The monoisotopic (exact) mass is 556 g/mol. The zero-order valence-electron chi connectivity index (χ0n) is 21.9. The standard InChI is InChI=1S/C29H29ClN8O2/c30-24-3-1-2-4-25(24)38-27(39)23-19-32-28(34-26(23)37-14-11-31-29(37)38)33-20-5-7-21(8-6-20)35-12-9-22(10-13-35)36-15-17-40-18-16-36/h1-8,11,14,19,22H,9-10,12-13,15-18H2,(H,32,33,34). The number of benzene rings is 2. The highest BCUT2D eigenvalue weighted by Gasteiger charge is 2.26. The number of imidazole rings is 1. The molecule has 5 aromatic rings. The number of nitrogens with zero attached hydrogens (tertiary/aromatic N) is 7. The first kappa shape index (κ1) is 25.0. The Morgan fingerprint density at radius 3 is 2.50 bits per heavy atom. The lowest BCUT2D eigenvalue weighted by molar-refractivity contribution is 0.0115. The number of nitrogens with one attached hydrogen (secondary N) is 1. The summed E-state index contributed by atoms with van der Waals surface area (Å²) in [5.74, 6) is 0.827. The second-order valence-corrected chi connectivity index (χ2v) is 10.6. The number of para-hydroxylation sites is 1. The van der Waals surface area contributed by atoms with Crippen molar-refractivity contribution < 1.29 is 4.74 Å². The molecule has 1 N–H and O–H groups in total. The molecule has 0 amide bonds. The number of anilines is 3. The topological polar surface area (TPSA) is 92.8 Å². The van der Waals surface area contributed by atoms with E-state index in [2.05, 4.69) is 42.2 Å². The van der Waals surface area contributed by atoms with E-state index in [0.717, 1.165) is 45.1 Å². The summed E-state index contributed by atoms with van der Waals surface area (Å²) in [5.41, 5.74) is 2.83. The van der Waals surface area contributed by atoms with E-state index in [1.807, 2.05) is 24.3 Å². The van der Waals surface area contributed by atoms with Crippen LogP contribution in [0.25, 0.3) is 22.5 Å². The van der Waals surface area contributed by atoms with Crippen LogP contribution in [-0.4, -0.2) is 74.3 Å². The number of hydrogen-bond acceptors (Lipinski definition) is 8. The summed E-state index contributed by atoms with van der Waals surface area (Å²) in [5, 5.41) is 4.11. The summed E-state index contributed by atoms with van der Waals surface area (Å²) < 4.78 is 8.78. The number of aromatic nitrogens is 5. The Bertz CT molecular complexity index is 1720. The molecule has 0 atom stereocenters. The molecule has 0 spiro atoms. The van der Waals surface area contributed by atoms with Gasteiger partial charge in [0.15, 0.2) is 5.65 Å². The van der Waals surface area contributed by atoms with E-state index in [9.17, 15) is 4.79 Å². The average molecular weight is 557 g/mol. The summed E-state index contributed by atoms with van der Waals surface area (Å²) in [6, 6.07) is 16.2. The predicted molar refractivity (Wildman–Crippen MR) is 156 cm³/mol. The first-order valence-corrected chi connectivity index (χ1v) is 14.0. The van der Waals surface area contributed by atoms with Gasteiger partial charge in [-0.2, -0.15) is 4.98 Å². The zero-order valence-corrected chi connectivity index (χ0v) is 22.7. The molecule has 5 heterocycles. The van der Waals surface area contributed by atoms with Crippen LogP contribution in [0, 0.1) is 0 Å². The summed E-state index contributed by atoms with van der Waals surface area (Å²) in [6.45, 7) is 5.90. The van der Waals surface area contributed by atoms with Crippen molar-refractivity contribution in [1.29, 1.82) is 0 Å². The SMILES string of the molecule is O=c1c2cnc(Nc3ccc(N4CCC(N5CCOCC5)CC4)cc3)nc2n2ccnc2n1-c1ccccc1Cl. The number of rotatable bonds is 5. The van der Waals surface area contributed by atoms with E-state index in [4.69, 9.17) is 16.3 Å². The first-order valence-electron chi connectivity index (χ1n) is 13.6. The quantitative estimate of drug-likeness (QED) is 0.345. The van der Waals surface area contributed by atoms with Gasteiger partial charge in [0.05, 0.1) is 23.9 Å². The van der Waals surface area contributed by atoms with Gasteiger partial charge in [0.25, 0.3) is 5.56 Å². The van der Waals surface area contributed by atoms with Crippen molar-refractivity contribution in [3.63, 3.8) is 0 Å². The first-order chi connectivity index (χ1) is 19.7. The van der Waals surface area contributed by atoms with Gasteiger partial charge < -0.3 is 15.0 Å². The smallest absolute Gasteiger partial charge is 0.270 e. The van der Waals surface area contributed by atoms with Crippen LogP contribution in [0.5, 0.6) is 0 Å². The van der Waals surface area contributed by atoms with Gasteiger partial charge in [-0.05, 0) is 49.2 Å². The molecule has 10 nitrogen and oxygen atoms in total. The minimum Gasteiger partial charge on any atom is -0.379 e. The highest BCUT2D eigenvalue weighted by atomic mass is 35.5. The van der Waals surface area contributed by atoms with Crippen LogP contribution in [0.2, 0.25) is 5.02 Å². The molecule has 40 heavy (non-hydrogen) atoms. The molecule has 2 aliphatic heterocycles. The highest BCUT2D eigenvalue weighted by molar-refractivity contribution is 6.32. The molecule has 3 aromatic heterocycles. The number of ether oxygens (including phenoxy) is 1. The molecule has 0 radical (unpaired) electrons. The van der Waals surface area contributed by atoms with Crippen LogP contribution in [0.1, 0.15) is 12.8 Å². The molecule has 2 aliphatic rings. The third kappa shape index (κ3) is 4.57. The molecule has 2 aromatic carbocycles. The van der Waals surface area contributed by atoms with E-state index < -0.39 is 0 Å². The van der Waals surface area contributed by atoms with Gasteiger partial charge >= 0.3 is 0 Å². The number of halogens is 1. The van der Waals surface area contributed by atoms with Crippen LogP contribution in [-0.2, 0) is 4.74 Å². The van der Waals surface area contributed by atoms with Crippen molar-refractivity contribution in [3.05, 3.63) is 82.5 Å². The van der Waals surface area contributed by atoms with Gasteiger partial charge in [-0.25, -0.2) is 14.5 Å². The van der Waals surface area contributed by atoms with Gasteiger partial charge in [-0.1, -0.05) is 23.7 Å². The third-order valence-corrected chi connectivity index (χ3v) is 8.18. The van der Waals surface area contributed by atoms with E-state index in [1.165, 1.54) is 23.1 Å². The maximum Gasteiger partial charge on any atom is 0.270 e. The zero-order chi connectivity index (χ0) is 27.1. The van der Waals surface area contributed by atoms with Crippen molar-refractivity contribution in [2.24, 2.45) is 0 Å². The molecule has 11 heteroatoms. The highest BCUT2D eigenvalue weighted by Crippen LogP contribution is 2.26. The van der Waals surface area contributed by atoms with Crippen LogP contribution in [0.3, 0.4) is 0 Å². The fraction of sp³-hybridized carbons (Fsp3) is 0.310. The Morgan fingerprint density at radius 1 is 0.950 bits per heavy atom. The van der Waals surface area contributed by atoms with Gasteiger partial charge in [0.2, 0.25) is 11.7 Å². The Morgan fingerprint density at radius 2 is 1.73 bits per heavy atom. The molecule has 204 valence electrons. The predicted octanol–water partition coefficient (Wildman–Crippen LogP) is 4.13. The Hall–Kier alpha value is -3.99. The molecular weight excluding hydrogens is 528 g/mol. The molecule has 0 saturated carbocycles. The fourth-order valence-corrected chi connectivity index (χ4v) is 5.99. The molecule has 0 bridgehead atoms. The summed E-state index contributed by atoms with van der Waals surface area (Å²) >= 11 is 6.42. The molecule has 2 fully saturated rings. The lowest BCUT2D eigenvalue weighted by atomic mass is 10.0. The van der Waals surface area contributed by atoms with Gasteiger partial charge in [0, 0.05) is 62.2 Å². The van der Waals surface area contributed by atoms with E-state index in [0.29, 0.717) is 39.5 Å². The van der Waals surface area contributed by atoms with E-state index in [-0.39, 0.29) is 5.56 Å². The average Bonchev–Trinajstić information content (AvgIpc) is 3.49. The minimum atomic E-state index is -0.282. The molecule has 2 saturated heterocycles. The number of morpholine rings is 1. The second kappa shape index (κ2) is 10.5. The Kier molecular flexibility index (Phi) is 6.58. The largest absolute Gasteiger partial charge is 0.379 e. The van der Waals surface area contributed by atoms with E-state index >= 15 is 0 Å². The summed E-state index contributed by atoms with van der Waals surface area (Å²) in [7, 11) is 0. The van der Waals surface area contributed by atoms with Gasteiger partial charge in [-0.3, -0.25) is 14.1 Å². The van der Waals surface area contributed by atoms with Crippen molar-refractivity contribution in [2.45, 2.75) is 18.9 Å². The van der Waals surface area contributed by atoms with E-state index in [1.54, 1.807) is 35.1 Å². The lowest BCUT2D eigenvalue weighted by Gasteiger charge is -2.40. The van der Waals surface area contributed by atoms with Gasteiger partial charge in [-0.15, -0.1) is 0 Å². The van der Waals surface area contributed by atoms with Crippen LogP contribution >= 0.6 is 11.6 Å². The van der Waals surface area contributed by atoms with Crippen molar-refractivity contribution in [3.8, 4) is 5.69 Å². The lowest BCUT2D eigenvalue weighted by Crippen LogP contribution is -2.49. The summed E-state index contributed by atoms with van der Waals surface area (Å²) in [6.07, 6.45) is 7.31. The van der Waals surface area contributed by atoms with Crippen LogP contribution in [0.4, 0.5) is 17.3 Å². The second-order valence-electron chi connectivity index (χ2n) is 10.2. The Balaban J connectivity index is 1.11. The third-order valence-electron chi connectivity index (χ3n) is 7.86. The molecule has 0 unspecified atom stereocenters. The number of fused-ring (bicyclic) bond motifs is 3. The minimum absolute atomic E-state index is 0.282. The number of hydrogen-bond donors (Lipinski definition) is 1. The van der Waals surface area contributed by atoms with Crippen LogP contribution in [0.15, 0.2) is 71.9 Å². The van der Waals surface area contributed by atoms with Crippen molar-refractivity contribution in [1.82, 2.24) is 28.8 Å². The van der Waals surface area contributed by atoms with Gasteiger partial charge in [0.1, 0.15) is 5.39 Å².